The van der Waals surface area contributed by atoms with Crippen molar-refractivity contribution in [1.29, 1.82) is 5.26 Å². The molecule has 1 aliphatic heterocycles. The van der Waals surface area contributed by atoms with Crippen LogP contribution in [0.1, 0.15) is 28.7 Å². The number of ketones is 1. The predicted octanol–water partition coefficient (Wildman–Crippen LogP) is 3.74. The molecule has 0 spiro atoms. The third kappa shape index (κ3) is 4.20. The zero-order chi connectivity index (χ0) is 20.2. The molecule has 0 saturated carbocycles. The van der Waals surface area contributed by atoms with Gasteiger partial charge < -0.3 is 9.32 Å². The molecule has 6 nitrogen and oxygen atoms in total. The lowest BCUT2D eigenvalue weighted by Gasteiger charge is -2.36. The molecule has 0 N–H and O–H groups in total. The average molecular weight is 386 g/mol. The van der Waals surface area contributed by atoms with Crippen LogP contribution in [-0.2, 0) is 6.54 Å². The molecule has 6 heteroatoms. The van der Waals surface area contributed by atoms with E-state index in [0.717, 1.165) is 43.1 Å². The van der Waals surface area contributed by atoms with E-state index >= 15 is 0 Å². The van der Waals surface area contributed by atoms with Crippen molar-refractivity contribution in [2.24, 2.45) is 0 Å². The van der Waals surface area contributed by atoms with Crippen molar-refractivity contribution in [2.75, 3.05) is 31.1 Å². The van der Waals surface area contributed by atoms with E-state index in [9.17, 15) is 10.1 Å². The van der Waals surface area contributed by atoms with Gasteiger partial charge >= 0.3 is 0 Å². The molecule has 0 amide bonds. The summed E-state index contributed by atoms with van der Waals surface area (Å²) in [5.41, 5.74) is 3.97. The summed E-state index contributed by atoms with van der Waals surface area (Å²) in [4.78, 5) is 21.1. The molecule has 0 aliphatic carbocycles. The quantitative estimate of drug-likeness (QED) is 0.622. The maximum atomic E-state index is 12.0. The first-order valence-corrected chi connectivity index (χ1v) is 9.66. The van der Waals surface area contributed by atoms with E-state index in [1.807, 2.05) is 36.4 Å². The highest BCUT2D eigenvalue weighted by Crippen LogP contribution is 2.25. The van der Waals surface area contributed by atoms with Gasteiger partial charge in [-0.05, 0) is 25.1 Å². The minimum absolute atomic E-state index is 0.0140. The summed E-state index contributed by atoms with van der Waals surface area (Å²) in [7, 11) is 0. The van der Waals surface area contributed by atoms with Gasteiger partial charge in [0, 0.05) is 43.0 Å². The molecular weight excluding hydrogens is 364 g/mol. The van der Waals surface area contributed by atoms with Gasteiger partial charge in [-0.15, -0.1) is 0 Å². The number of carbonyl (C=O) groups is 1. The van der Waals surface area contributed by atoms with E-state index in [2.05, 4.69) is 20.9 Å². The second kappa shape index (κ2) is 8.29. The van der Waals surface area contributed by atoms with Crippen LogP contribution in [0.2, 0.25) is 0 Å². The molecule has 1 aliphatic rings. The zero-order valence-electron chi connectivity index (χ0n) is 16.3. The van der Waals surface area contributed by atoms with Crippen LogP contribution in [0.15, 0.2) is 59.2 Å². The van der Waals surface area contributed by atoms with Gasteiger partial charge in [0.1, 0.15) is 12.0 Å². The maximum absolute atomic E-state index is 12.0. The van der Waals surface area contributed by atoms with E-state index in [-0.39, 0.29) is 5.78 Å². The number of benzene rings is 2. The Morgan fingerprint density at radius 3 is 2.59 bits per heavy atom. The lowest BCUT2D eigenvalue weighted by molar-refractivity contribution is 0.101. The second-order valence-electron chi connectivity index (χ2n) is 7.16. The first-order valence-electron chi connectivity index (χ1n) is 9.66. The minimum Gasteiger partial charge on any atom is -0.447 e. The standard InChI is InChI=1S/C23H22N4O2/c1-17(28)20-8-7-18(14-24)13-22(20)27-11-9-26(10-12-27)15-23-25-21(16-29-23)19-5-3-2-4-6-19/h2-8,13,16H,9-12,15H2,1H3. The maximum Gasteiger partial charge on any atom is 0.208 e. The Bertz CT molecular complexity index is 1040. The van der Waals surface area contributed by atoms with E-state index in [1.165, 1.54) is 0 Å². The smallest absolute Gasteiger partial charge is 0.208 e. The van der Waals surface area contributed by atoms with Crippen LogP contribution in [0.25, 0.3) is 11.3 Å². The normalized spacial score (nSPS) is 14.6. The van der Waals surface area contributed by atoms with Crippen LogP contribution < -0.4 is 4.90 Å². The highest BCUT2D eigenvalue weighted by molar-refractivity contribution is 6.00. The molecule has 2 aromatic carbocycles. The monoisotopic (exact) mass is 386 g/mol. The molecule has 2 heterocycles. The van der Waals surface area contributed by atoms with Crippen molar-refractivity contribution in [3.8, 4) is 17.3 Å². The van der Waals surface area contributed by atoms with Crippen LogP contribution in [0, 0.1) is 11.3 Å². The molecule has 0 radical (unpaired) electrons. The number of hydrogen-bond acceptors (Lipinski definition) is 6. The lowest BCUT2D eigenvalue weighted by atomic mass is 10.0. The summed E-state index contributed by atoms with van der Waals surface area (Å²) < 4.78 is 5.67. The van der Waals surface area contributed by atoms with Gasteiger partial charge in [0.15, 0.2) is 5.78 Å². The van der Waals surface area contributed by atoms with Gasteiger partial charge in [-0.2, -0.15) is 5.26 Å². The Morgan fingerprint density at radius 2 is 1.90 bits per heavy atom. The lowest BCUT2D eigenvalue weighted by Crippen LogP contribution is -2.46. The number of anilines is 1. The van der Waals surface area contributed by atoms with Crippen LogP contribution in [-0.4, -0.2) is 41.8 Å². The van der Waals surface area contributed by atoms with Crippen molar-refractivity contribution < 1.29 is 9.21 Å². The number of piperazine rings is 1. The van der Waals surface area contributed by atoms with E-state index in [0.29, 0.717) is 23.6 Å². The number of nitriles is 1. The molecule has 29 heavy (non-hydrogen) atoms. The fourth-order valence-electron chi connectivity index (χ4n) is 3.62. The van der Waals surface area contributed by atoms with Crippen molar-refractivity contribution in [1.82, 2.24) is 9.88 Å². The molecule has 1 fully saturated rings. The molecule has 4 rings (SSSR count). The van der Waals surface area contributed by atoms with Gasteiger partial charge in [-0.3, -0.25) is 9.69 Å². The van der Waals surface area contributed by atoms with Gasteiger partial charge in [0.05, 0.1) is 18.2 Å². The first kappa shape index (κ1) is 18.9. The molecule has 146 valence electrons. The Labute approximate surface area is 170 Å². The average Bonchev–Trinajstić information content (AvgIpc) is 3.23. The third-order valence-corrected chi connectivity index (χ3v) is 5.20. The largest absolute Gasteiger partial charge is 0.447 e. The van der Waals surface area contributed by atoms with Crippen LogP contribution in [0.4, 0.5) is 5.69 Å². The number of oxazole rings is 1. The van der Waals surface area contributed by atoms with E-state index < -0.39 is 0 Å². The summed E-state index contributed by atoms with van der Waals surface area (Å²) in [5.74, 6) is 0.716. The second-order valence-corrected chi connectivity index (χ2v) is 7.16. The summed E-state index contributed by atoms with van der Waals surface area (Å²) in [6, 6.07) is 17.4. The fraction of sp³-hybridized carbons (Fsp3) is 0.261. The van der Waals surface area contributed by atoms with Crippen molar-refractivity contribution in [3.63, 3.8) is 0 Å². The minimum atomic E-state index is 0.0140. The highest BCUT2D eigenvalue weighted by atomic mass is 16.3. The third-order valence-electron chi connectivity index (χ3n) is 5.20. The fourth-order valence-corrected chi connectivity index (χ4v) is 3.62. The molecule has 0 bridgehead atoms. The number of nitrogens with zero attached hydrogens (tertiary/aromatic N) is 4. The summed E-state index contributed by atoms with van der Waals surface area (Å²) in [5, 5.41) is 9.20. The van der Waals surface area contributed by atoms with Gasteiger partial charge in [-0.1, -0.05) is 30.3 Å². The summed E-state index contributed by atoms with van der Waals surface area (Å²) in [6.45, 7) is 5.43. The van der Waals surface area contributed by atoms with Crippen molar-refractivity contribution >= 4 is 11.5 Å². The Kier molecular flexibility index (Phi) is 5.41. The number of Topliss-reactive ketones (excluding diaryl/α,β-unsaturated/α-hetero) is 1. The summed E-state index contributed by atoms with van der Waals surface area (Å²) >= 11 is 0. The topological polar surface area (TPSA) is 73.4 Å². The van der Waals surface area contributed by atoms with Crippen molar-refractivity contribution in [2.45, 2.75) is 13.5 Å². The predicted molar refractivity (Wildman–Crippen MR) is 111 cm³/mol. The Hall–Kier alpha value is -3.43. The van der Waals surface area contributed by atoms with Crippen LogP contribution in [0.3, 0.4) is 0 Å². The molecular formula is C23H22N4O2. The van der Waals surface area contributed by atoms with Crippen molar-refractivity contribution in [3.05, 3.63) is 71.8 Å². The molecule has 0 atom stereocenters. The molecule has 0 unspecified atom stereocenters. The van der Waals surface area contributed by atoms with Gasteiger partial charge in [0.25, 0.3) is 0 Å². The van der Waals surface area contributed by atoms with Crippen LogP contribution >= 0.6 is 0 Å². The SMILES string of the molecule is CC(=O)c1ccc(C#N)cc1N1CCN(Cc2nc(-c3ccccc3)co2)CC1. The van der Waals surface area contributed by atoms with Gasteiger partial charge in [-0.25, -0.2) is 4.98 Å². The molecule has 3 aromatic rings. The Balaban J connectivity index is 1.41. The first-order chi connectivity index (χ1) is 14.1. The highest BCUT2D eigenvalue weighted by Gasteiger charge is 2.22. The molecule has 1 saturated heterocycles. The van der Waals surface area contributed by atoms with Gasteiger partial charge in [0.2, 0.25) is 5.89 Å². The Morgan fingerprint density at radius 1 is 1.14 bits per heavy atom. The van der Waals surface area contributed by atoms with E-state index in [1.54, 1.807) is 25.3 Å². The van der Waals surface area contributed by atoms with Crippen LogP contribution in [0.5, 0.6) is 0 Å². The number of carbonyl (C=O) groups excluding carboxylic acids is 1. The van der Waals surface area contributed by atoms with E-state index in [4.69, 9.17) is 4.42 Å². The molecule has 1 aromatic heterocycles. The zero-order valence-corrected chi connectivity index (χ0v) is 16.3. The summed E-state index contributed by atoms with van der Waals surface area (Å²) in [6.07, 6.45) is 1.70. The number of rotatable bonds is 5. The number of aromatic nitrogens is 1. The number of hydrogen-bond donors (Lipinski definition) is 0.